The van der Waals surface area contributed by atoms with E-state index in [-0.39, 0.29) is 18.4 Å². The van der Waals surface area contributed by atoms with Gasteiger partial charge < -0.3 is 15.1 Å². The Kier molecular flexibility index (Phi) is 7.97. The zero-order valence-corrected chi connectivity index (χ0v) is 19.9. The lowest BCUT2D eigenvalue weighted by Crippen LogP contribution is -2.36. The summed E-state index contributed by atoms with van der Waals surface area (Å²) >= 11 is 0. The van der Waals surface area contributed by atoms with Gasteiger partial charge in [0.2, 0.25) is 5.91 Å². The summed E-state index contributed by atoms with van der Waals surface area (Å²) in [6.45, 7) is 3.72. The van der Waals surface area contributed by atoms with Crippen molar-refractivity contribution in [1.29, 1.82) is 0 Å². The van der Waals surface area contributed by atoms with E-state index >= 15 is 0 Å². The van der Waals surface area contributed by atoms with Crippen LogP contribution in [0, 0.1) is 0 Å². The Morgan fingerprint density at radius 3 is 2.41 bits per heavy atom. The van der Waals surface area contributed by atoms with Crippen molar-refractivity contribution in [2.45, 2.75) is 39.0 Å². The number of nitrogens with one attached hydrogen (secondary N) is 1. The van der Waals surface area contributed by atoms with Crippen LogP contribution in [0.3, 0.4) is 0 Å². The number of carbonyl (C=O) groups is 2. The van der Waals surface area contributed by atoms with Gasteiger partial charge in [0.1, 0.15) is 0 Å². The predicted molar refractivity (Wildman–Crippen MR) is 140 cm³/mol. The topological polar surface area (TPSA) is 52.7 Å². The highest BCUT2D eigenvalue weighted by molar-refractivity contribution is 6.07. The van der Waals surface area contributed by atoms with Gasteiger partial charge >= 0.3 is 0 Å². The number of benzene rings is 3. The second-order valence-corrected chi connectivity index (χ2v) is 8.71. The van der Waals surface area contributed by atoms with Crippen LogP contribution in [0.15, 0.2) is 78.9 Å². The molecule has 0 bridgehead atoms. The van der Waals surface area contributed by atoms with Gasteiger partial charge in [0.15, 0.2) is 0 Å². The van der Waals surface area contributed by atoms with Crippen LogP contribution in [0.1, 0.15) is 48.5 Å². The first-order chi connectivity index (χ1) is 16.7. The van der Waals surface area contributed by atoms with Crippen LogP contribution >= 0.6 is 0 Å². The van der Waals surface area contributed by atoms with Gasteiger partial charge in [-0.1, -0.05) is 49.7 Å². The van der Waals surface area contributed by atoms with Crippen molar-refractivity contribution in [3.63, 3.8) is 0 Å². The maximum absolute atomic E-state index is 13.4. The molecule has 1 heterocycles. The molecule has 0 aliphatic carbocycles. The summed E-state index contributed by atoms with van der Waals surface area (Å²) in [7, 11) is 0. The molecule has 1 aliphatic heterocycles. The molecular formula is C29H33N3O2. The van der Waals surface area contributed by atoms with Gasteiger partial charge in [0, 0.05) is 35.7 Å². The molecule has 0 spiro atoms. The lowest BCUT2D eigenvalue weighted by molar-refractivity contribution is -0.117. The van der Waals surface area contributed by atoms with Crippen molar-refractivity contribution in [1.82, 2.24) is 0 Å². The quantitative estimate of drug-likeness (QED) is 0.459. The summed E-state index contributed by atoms with van der Waals surface area (Å²) in [5.74, 6) is 0.0240. The summed E-state index contributed by atoms with van der Waals surface area (Å²) in [5, 5.41) is 3.21. The smallest absolute Gasteiger partial charge is 0.258 e. The van der Waals surface area contributed by atoms with E-state index in [4.69, 9.17) is 0 Å². The average molecular weight is 456 g/mol. The van der Waals surface area contributed by atoms with E-state index in [0.29, 0.717) is 12.1 Å². The van der Waals surface area contributed by atoms with E-state index in [2.05, 4.69) is 18.3 Å². The minimum atomic E-state index is 0.0119. The maximum Gasteiger partial charge on any atom is 0.258 e. The number of aryl methyl sites for hydroxylation is 1. The Bertz CT molecular complexity index is 1100. The third-order valence-corrected chi connectivity index (χ3v) is 6.29. The minimum Gasteiger partial charge on any atom is -0.376 e. The number of para-hydroxylation sites is 2. The molecule has 0 aromatic heterocycles. The summed E-state index contributed by atoms with van der Waals surface area (Å²) in [6.07, 6.45) is 5.00. The lowest BCUT2D eigenvalue weighted by atomic mass is 10.1. The molecule has 0 fully saturated rings. The van der Waals surface area contributed by atoms with Gasteiger partial charge in [-0.25, -0.2) is 0 Å². The second-order valence-electron chi connectivity index (χ2n) is 8.71. The number of nitrogens with zero attached hydrogens (tertiary/aromatic N) is 2. The highest BCUT2D eigenvalue weighted by Gasteiger charge is 2.23. The zero-order chi connectivity index (χ0) is 23.8. The zero-order valence-electron chi connectivity index (χ0n) is 19.9. The van der Waals surface area contributed by atoms with Crippen molar-refractivity contribution in [2.24, 2.45) is 0 Å². The van der Waals surface area contributed by atoms with Crippen LogP contribution in [0.25, 0.3) is 0 Å². The first-order valence-corrected chi connectivity index (χ1v) is 12.3. The molecule has 0 saturated carbocycles. The summed E-state index contributed by atoms with van der Waals surface area (Å²) in [6, 6.07) is 25.4. The summed E-state index contributed by atoms with van der Waals surface area (Å²) in [4.78, 5) is 30.2. The SMILES string of the molecule is CCCCN(C(=O)CNc1ccccc1)c1ccc(C(=O)N2CCCCc3ccccc32)cc1. The highest BCUT2D eigenvalue weighted by Crippen LogP contribution is 2.28. The molecule has 5 nitrogen and oxygen atoms in total. The summed E-state index contributed by atoms with van der Waals surface area (Å²) in [5.41, 5.74) is 4.63. The lowest BCUT2D eigenvalue weighted by Gasteiger charge is -2.25. The Labute approximate surface area is 202 Å². The molecular weight excluding hydrogens is 422 g/mol. The second kappa shape index (κ2) is 11.5. The van der Waals surface area contributed by atoms with Crippen LogP contribution in [0.2, 0.25) is 0 Å². The van der Waals surface area contributed by atoms with Gasteiger partial charge in [0.25, 0.3) is 5.91 Å². The number of amides is 2. The number of anilines is 3. The van der Waals surface area contributed by atoms with E-state index in [9.17, 15) is 9.59 Å². The Morgan fingerprint density at radius 2 is 1.65 bits per heavy atom. The van der Waals surface area contributed by atoms with Crippen molar-refractivity contribution in [3.8, 4) is 0 Å². The Morgan fingerprint density at radius 1 is 0.912 bits per heavy atom. The number of hydrogen-bond donors (Lipinski definition) is 1. The Balaban J connectivity index is 1.49. The molecule has 176 valence electrons. The van der Waals surface area contributed by atoms with E-state index < -0.39 is 0 Å². The molecule has 0 radical (unpaired) electrons. The normalized spacial score (nSPS) is 13.0. The third kappa shape index (κ3) is 5.66. The van der Waals surface area contributed by atoms with Gasteiger partial charge in [-0.2, -0.15) is 0 Å². The monoisotopic (exact) mass is 455 g/mol. The minimum absolute atomic E-state index is 0.0119. The van der Waals surface area contributed by atoms with E-state index in [1.807, 2.05) is 82.6 Å². The van der Waals surface area contributed by atoms with Crippen LogP contribution in [-0.2, 0) is 11.2 Å². The largest absolute Gasteiger partial charge is 0.376 e. The molecule has 34 heavy (non-hydrogen) atoms. The molecule has 4 rings (SSSR count). The fourth-order valence-corrected chi connectivity index (χ4v) is 4.39. The molecule has 3 aromatic rings. The van der Waals surface area contributed by atoms with Gasteiger partial charge in [0.05, 0.1) is 6.54 Å². The van der Waals surface area contributed by atoms with Gasteiger partial charge in [-0.05, 0) is 73.7 Å². The number of carbonyl (C=O) groups excluding carboxylic acids is 2. The van der Waals surface area contributed by atoms with E-state index in [1.54, 1.807) is 0 Å². The van der Waals surface area contributed by atoms with Crippen LogP contribution in [0.4, 0.5) is 17.1 Å². The van der Waals surface area contributed by atoms with Gasteiger partial charge in [-0.3, -0.25) is 9.59 Å². The third-order valence-electron chi connectivity index (χ3n) is 6.29. The van der Waals surface area contributed by atoms with E-state index in [0.717, 1.165) is 55.7 Å². The molecule has 0 atom stereocenters. The fourth-order valence-electron chi connectivity index (χ4n) is 4.39. The Hall–Kier alpha value is -3.60. The van der Waals surface area contributed by atoms with Crippen LogP contribution < -0.4 is 15.1 Å². The molecule has 1 N–H and O–H groups in total. The van der Waals surface area contributed by atoms with Crippen LogP contribution in [-0.4, -0.2) is 31.4 Å². The number of fused-ring (bicyclic) bond motifs is 1. The molecule has 1 aliphatic rings. The molecule has 5 heteroatoms. The maximum atomic E-state index is 13.4. The molecule has 3 aromatic carbocycles. The predicted octanol–water partition coefficient (Wildman–Crippen LogP) is 5.91. The standard InChI is InChI=1S/C29H33N3O2/c1-2-3-20-31(28(33)22-30-25-13-5-4-6-14-25)26-18-16-24(17-19-26)29(34)32-21-10-9-12-23-11-7-8-15-27(23)32/h4-8,11,13-19,30H,2-3,9-10,12,20-22H2,1H3. The highest BCUT2D eigenvalue weighted by atomic mass is 16.2. The van der Waals surface area contributed by atoms with Crippen LogP contribution in [0.5, 0.6) is 0 Å². The van der Waals surface area contributed by atoms with Crippen molar-refractivity contribution in [3.05, 3.63) is 90.0 Å². The van der Waals surface area contributed by atoms with Crippen molar-refractivity contribution < 1.29 is 9.59 Å². The van der Waals surface area contributed by atoms with Crippen molar-refractivity contribution >= 4 is 28.9 Å². The average Bonchev–Trinajstić information content (AvgIpc) is 3.11. The van der Waals surface area contributed by atoms with E-state index in [1.165, 1.54) is 5.56 Å². The number of unbranched alkanes of at least 4 members (excludes halogenated alkanes) is 1. The summed E-state index contributed by atoms with van der Waals surface area (Å²) < 4.78 is 0. The first-order valence-electron chi connectivity index (χ1n) is 12.3. The van der Waals surface area contributed by atoms with Crippen molar-refractivity contribution in [2.75, 3.05) is 34.8 Å². The molecule has 0 unspecified atom stereocenters. The van der Waals surface area contributed by atoms with Gasteiger partial charge in [-0.15, -0.1) is 0 Å². The molecule has 2 amide bonds. The first kappa shape index (κ1) is 23.6. The molecule has 0 saturated heterocycles. The number of hydrogen-bond acceptors (Lipinski definition) is 3. The fraction of sp³-hybridized carbons (Fsp3) is 0.310. The number of rotatable bonds is 8.